The van der Waals surface area contributed by atoms with Crippen LogP contribution in [0.15, 0.2) is 42.6 Å². The molecule has 4 aliphatic rings. The van der Waals surface area contributed by atoms with Gasteiger partial charge in [0.05, 0.1) is 10.9 Å². The van der Waals surface area contributed by atoms with Gasteiger partial charge in [0.2, 0.25) is 0 Å². The van der Waals surface area contributed by atoms with Gasteiger partial charge in [0.1, 0.15) is 42.2 Å². The van der Waals surface area contributed by atoms with Crippen LogP contribution in [0.2, 0.25) is 0 Å². The predicted octanol–water partition coefficient (Wildman–Crippen LogP) is 5.54. The number of hydrogen-bond acceptors (Lipinski definition) is 10. The van der Waals surface area contributed by atoms with Crippen LogP contribution in [0.5, 0.6) is 11.8 Å². The summed E-state index contributed by atoms with van der Waals surface area (Å²) in [4.78, 5) is 29.9. The fraction of sp³-hybridized carbons (Fsp3) is 0.455. The van der Waals surface area contributed by atoms with Gasteiger partial charge >= 0.3 is 12.2 Å². The molecule has 4 fully saturated rings. The van der Waals surface area contributed by atoms with E-state index < -0.39 is 29.3 Å². The smallest absolute Gasteiger partial charge is 0.508 e. The molecular weight excluding hydrogens is 584 g/mol. The summed E-state index contributed by atoms with van der Waals surface area (Å²) in [5.41, 5.74) is -0.601. The number of phenols is 1. The molecule has 45 heavy (non-hydrogen) atoms. The number of fused-ring (bicyclic) bond motifs is 3. The third-order valence-electron chi connectivity index (χ3n) is 9.93. The molecule has 4 saturated heterocycles. The van der Waals surface area contributed by atoms with Crippen molar-refractivity contribution in [3.8, 4) is 23.0 Å². The van der Waals surface area contributed by atoms with Gasteiger partial charge in [-0.25, -0.2) is 13.6 Å². The van der Waals surface area contributed by atoms with E-state index in [1.54, 1.807) is 12.3 Å². The summed E-state index contributed by atoms with van der Waals surface area (Å²) in [6, 6.07) is 10.5. The van der Waals surface area contributed by atoms with Crippen molar-refractivity contribution in [1.29, 1.82) is 0 Å². The van der Waals surface area contributed by atoms with E-state index in [2.05, 4.69) is 14.9 Å². The predicted molar refractivity (Wildman–Crippen MR) is 162 cm³/mol. The van der Waals surface area contributed by atoms with Crippen molar-refractivity contribution in [2.45, 2.75) is 55.8 Å². The maximum atomic E-state index is 16.7. The summed E-state index contributed by atoms with van der Waals surface area (Å²) in [5, 5.41) is 12.4. The molecule has 234 valence electrons. The fourth-order valence-corrected chi connectivity index (χ4v) is 7.71. The second-order valence-corrected chi connectivity index (χ2v) is 12.8. The molecule has 0 aliphatic carbocycles. The molecule has 2 aromatic heterocycles. The average Bonchev–Trinajstić information content (AvgIpc) is 3.63. The van der Waals surface area contributed by atoms with Crippen molar-refractivity contribution in [2.24, 2.45) is 0 Å². The Morgan fingerprint density at radius 1 is 1.07 bits per heavy atom. The van der Waals surface area contributed by atoms with Crippen molar-refractivity contribution >= 4 is 33.6 Å². The van der Waals surface area contributed by atoms with E-state index >= 15 is 4.39 Å². The molecule has 0 saturated carbocycles. The lowest BCUT2D eigenvalue weighted by Gasteiger charge is -2.31. The maximum absolute atomic E-state index is 16.7. The standard InChI is InChI=1S/C33H33F2N5O5/c34-21-15-32(7-3-11-40(32)17-21)18-43-30-37-28-25(29(38-30)39-10-4-8-33(9-12-39)19-44-31(42)45-33)16-36-27(26(28)35)24-14-22(41)13-20-5-1-2-6-23(20)24/h1-2,5-6,13-14,16,21,41H,3-4,7-12,15,17-19H2/t21-,32+,33?/m1/s1. The highest BCUT2D eigenvalue weighted by molar-refractivity contribution is 5.99. The van der Waals surface area contributed by atoms with Crippen molar-refractivity contribution in [3.63, 3.8) is 0 Å². The Morgan fingerprint density at radius 3 is 2.80 bits per heavy atom. The van der Waals surface area contributed by atoms with E-state index in [1.807, 2.05) is 29.2 Å². The summed E-state index contributed by atoms with van der Waals surface area (Å²) in [6.07, 6.45) is 3.99. The van der Waals surface area contributed by atoms with Crippen molar-refractivity contribution in [2.75, 3.05) is 44.3 Å². The van der Waals surface area contributed by atoms with Gasteiger partial charge in [0, 0.05) is 44.2 Å². The number of anilines is 1. The van der Waals surface area contributed by atoms with Crippen LogP contribution in [0.1, 0.15) is 38.5 Å². The van der Waals surface area contributed by atoms with Gasteiger partial charge in [0.15, 0.2) is 11.4 Å². The first-order valence-electron chi connectivity index (χ1n) is 15.5. The molecule has 0 amide bonds. The van der Waals surface area contributed by atoms with Crippen molar-refractivity contribution < 1.29 is 32.9 Å². The zero-order chi connectivity index (χ0) is 30.8. The van der Waals surface area contributed by atoms with Crippen LogP contribution >= 0.6 is 0 Å². The van der Waals surface area contributed by atoms with Gasteiger partial charge < -0.3 is 24.2 Å². The molecule has 1 unspecified atom stereocenters. The highest BCUT2D eigenvalue weighted by Crippen LogP contribution is 2.42. The largest absolute Gasteiger partial charge is 0.509 e. The van der Waals surface area contributed by atoms with Crippen LogP contribution in [0.4, 0.5) is 19.4 Å². The molecule has 1 N–H and O–H groups in total. The van der Waals surface area contributed by atoms with Crippen LogP contribution in [-0.4, -0.2) is 87.8 Å². The van der Waals surface area contributed by atoms with E-state index in [0.29, 0.717) is 62.1 Å². The summed E-state index contributed by atoms with van der Waals surface area (Å²) in [7, 11) is 0. The first-order chi connectivity index (χ1) is 21.8. The molecule has 3 atom stereocenters. The first-order valence-corrected chi connectivity index (χ1v) is 15.5. The number of nitrogens with zero attached hydrogens (tertiary/aromatic N) is 5. The number of benzene rings is 2. The summed E-state index contributed by atoms with van der Waals surface area (Å²) < 4.78 is 48.1. The van der Waals surface area contributed by atoms with Gasteiger partial charge in [-0.2, -0.15) is 9.97 Å². The minimum absolute atomic E-state index is 0.00408. The molecule has 0 radical (unpaired) electrons. The number of alkyl halides is 1. The summed E-state index contributed by atoms with van der Waals surface area (Å²) in [5.74, 6) is -0.200. The Morgan fingerprint density at radius 2 is 1.93 bits per heavy atom. The van der Waals surface area contributed by atoms with E-state index in [9.17, 15) is 14.3 Å². The Labute approximate surface area is 257 Å². The van der Waals surface area contributed by atoms with Crippen LogP contribution < -0.4 is 9.64 Å². The summed E-state index contributed by atoms with van der Waals surface area (Å²) in [6.45, 7) is 2.66. The number of aromatic nitrogens is 3. The maximum Gasteiger partial charge on any atom is 0.509 e. The highest BCUT2D eigenvalue weighted by Gasteiger charge is 2.49. The Kier molecular flexibility index (Phi) is 6.66. The van der Waals surface area contributed by atoms with Gasteiger partial charge in [-0.15, -0.1) is 0 Å². The van der Waals surface area contributed by atoms with E-state index in [0.717, 1.165) is 30.2 Å². The van der Waals surface area contributed by atoms with Crippen LogP contribution in [-0.2, 0) is 9.47 Å². The lowest BCUT2D eigenvalue weighted by atomic mass is 9.95. The number of hydrogen-bond donors (Lipinski definition) is 1. The van der Waals surface area contributed by atoms with Crippen LogP contribution in [0, 0.1) is 5.82 Å². The molecule has 4 aliphatic heterocycles. The van der Waals surface area contributed by atoms with E-state index in [4.69, 9.17) is 19.2 Å². The van der Waals surface area contributed by atoms with Crippen LogP contribution in [0.25, 0.3) is 32.9 Å². The second-order valence-electron chi connectivity index (χ2n) is 12.8. The number of cyclic esters (lactones) is 1. The topological polar surface area (TPSA) is 110 Å². The molecule has 6 heterocycles. The van der Waals surface area contributed by atoms with Gasteiger partial charge in [0.25, 0.3) is 0 Å². The number of halogens is 2. The first kappa shape index (κ1) is 28.2. The minimum Gasteiger partial charge on any atom is -0.508 e. The lowest BCUT2D eigenvalue weighted by Crippen LogP contribution is -2.43. The third-order valence-corrected chi connectivity index (χ3v) is 9.93. The number of aromatic hydroxyl groups is 1. The van der Waals surface area contributed by atoms with E-state index in [1.165, 1.54) is 6.07 Å². The molecule has 8 rings (SSSR count). The molecule has 1 spiro atoms. The number of carbonyl (C=O) groups excluding carboxylic acids is 1. The van der Waals surface area contributed by atoms with Gasteiger partial charge in [-0.1, -0.05) is 24.3 Å². The Bertz CT molecular complexity index is 1830. The normalized spacial score (nSPS) is 26.8. The molecule has 12 heteroatoms. The number of ether oxygens (including phenoxy) is 3. The van der Waals surface area contributed by atoms with Crippen molar-refractivity contribution in [1.82, 2.24) is 19.9 Å². The minimum atomic E-state index is -0.914. The van der Waals surface area contributed by atoms with Crippen molar-refractivity contribution in [3.05, 3.63) is 48.4 Å². The molecule has 0 bridgehead atoms. The molecular formula is C33H33F2N5O5. The Hall–Kier alpha value is -4.32. The quantitative estimate of drug-likeness (QED) is 0.287. The number of carbonyl (C=O) groups is 1. The average molecular weight is 618 g/mol. The monoisotopic (exact) mass is 617 g/mol. The number of phenolic OH excluding ortho intramolecular Hbond substituents is 1. The number of pyridine rings is 1. The highest BCUT2D eigenvalue weighted by atomic mass is 19.1. The van der Waals surface area contributed by atoms with Crippen LogP contribution in [0.3, 0.4) is 0 Å². The zero-order valence-corrected chi connectivity index (χ0v) is 24.7. The fourth-order valence-electron chi connectivity index (χ4n) is 7.71. The summed E-state index contributed by atoms with van der Waals surface area (Å²) >= 11 is 0. The molecule has 4 aromatic rings. The molecule has 2 aromatic carbocycles. The van der Waals surface area contributed by atoms with E-state index in [-0.39, 0.29) is 36.2 Å². The van der Waals surface area contributed by atoms with Gasteiger partial charge in [-0.05, 0) is 55.1 Å². The second kappa shape index (κ2) is 10.6. The lowest BCUT2D eigenvalue weighted by molar-refractivity contribution is 0.0472. The zero-order valence-electron chi connectivity index (χ0n) is 24.7. The number of rotatable bonds is 5. The Balaban J connectivity index is 1.22. The van der Waals surface area contributed by atoms with Gasteiger partial charge in [-0.3, -0.25) is 9.88 Å². The SMILES string of the molecule is O=C1OCC2(CCCN(c3nc(OC[C@@]45CCCN4C[C@H](F)C5)nc4c(F)c(-c5cc(O)cc6ccccc56)ncc34)CC2)O1. The third kappa shape index (κ3) is 4.86. The molecule has 10 nitrogen and oxygen atoms in total.